The quantitative estimate of drug-likeness (QED) is 0.592. The van der Waals surface area contributed by atoms with Gasteiger partial charge in [-0.15, -0.1) is 0 Å². The molecule has 1 aromatic heterocycles. The zero-order chi connectivity index (χ0) is 17.3. The van der Waals surface area contributed by atoms with E-state index in [0.29, 0.717) is 6.54 Å². The van der Waals surface area contributed by atoms with Gasteiger partial charge in [-0.05, 0) is 44.0 Å². The molecule has 0 atom stereocenters. The summed E-state index contributed by atoms with van der Waals surface area (Å²) < 4.78 is 2.41. The van der Waals surface area contributed by atoms with Crippen LogP contribution in [0.25, 0.3) is 21.8 Å². The number of nitrogens with two attached hydrogens (primary N) is 1. The van der Waals surface area contributed by atoms with Crippen LogP contribution in [0.15, 0.2) is 41.5 Å². The van der Waals surface area contributed by atoms with E-state index in [-0.39, 0.29) is 0 Å². The largest absolute Gasteiger partial charge is 0.340 e. The van der Waals surface area contributed by atoms with Gasteiger partial charge in [0.2, 0.25) is 0 Å². The molecule has 0 amide bonds. The number of para-hydroxylation sites is 1. The number of benzene rings is 2. The Bertz CT molecular complexity index is 951. The van der Waals surface area contributed by atoms with E-state index in [1.165, 1.54) is 32.9 Å². The maximum Gasteiger partial charge on any atom is 0.102 e. The van der Waals surface area contributed by atoms with Crippen LogP contribution in [0.1, 0.15) is 17.5 Å². The number of fused-ring (bicyclic) bond motifs is 2. The van der Waals surface area contributed by atoms with Crippen LogP contribution in [0, 0.1) is 13.8 Å². The Kier molecular flexibility index (Phi) is 4.58. The average molecular weight is 322 g/mol. The van der Waals surface area contributed by atoms with Crippen LogP contribution in [0.3, 0.4) is 0 Å². The van der Waals surface area contributed by atoms with Crippen molar-refractivity contribution >= 4 is 21.8 Å². The van der Waals surface area contributed by atoms with E-state index >= 15 is 0 Å². The standard InChI is InChI=1S/C20H26N4/c1-14-10-11-17-19(22-23(3)4)16-8-5-6-9-18(16)24(13-7-12-21)20(17)15(14)2/h5-6,8-11H,7,12-13,21H2,1-4H3/b22-19+. The lowest BCUT2D eigenvalue weighted by Gasteiger charge is -2.19. The van der Waals surface area contributed by atoms with Gasteiger partial charge in [0, 0.05) is 31.4 Å². The minimum Gasteiger partial charge on any atom is -0.340 e. The minimum absolute atomic E-state index is 0.692. The smallest absolute Gasteiger partial charge is 0.102 e. The molecule has 0 saturated heterocycles. The molecular weight excluding hydrogens is 296 g/mol. The van der Waals surface area contributed by atoms with Crippen LogP contribution in [0.2, 0.25) is 0 Å². The number of aromatic nitrogens is 1. The van der Waals surface area contributed by atoms with Gasteiger partial charge in [-0.25, -0.2) is 0 Å². The monoisotopic (exact) mass is 322 g/mol. The Morgan fingerprint density at radius 2 is 1.79 bits per heavy atom. The number of aryl methyl sites for hydroxylation is 3. The van der Waals surface area contributed by atoms with Crippen LogP contribution in [0.4, 0.5) is 0 Å². The number of hydrogen-bond acceptors (Lipinski definition) is 3. The molecule has 0 unspecified atom stereocenters. The van der Waals surface area contributed by atoms with E-state index in [1.54, 1.807) is 0 Å². The molecule has 2 aromatic carbocycles. The van der Waals surface area contributed by atoms with E-state index in [4.69, 9.17) is 10.8 Å². The first-order valence-electron chi connectivity index (χ1n) is 8.48. The first-order chi connectivity index (χ1) is 11.5. The molecule has 0 spiro atoms. The molecule has 0 aliphatic heterocycles. The minimum atomic E-state index is 0.692. The third kappa shape index (κ3) is 2.78. The normalized spacial score (nSPS) is 12.3. The second-order valence-electron chi connectivity index (χ2n) is 6.51. The third-order valence-electron chi connectivity index (χ3n) is 4.56. The zero-order valence-electron chi connectivity index (χ0n) is 15.0. The summed E-state index contributed by atoms with van der Waals surface area (Å²) in [7, 11) is 3.94. The van der Waals surface area contributed by atoms with E-state index in [1.807, 2.05) is 19.1 Å². The Morgan fingerprint density at radius 3 is 2.50 bits per heavy atom. The van der Waals surface area contributed by atoms with Crippen LogP contribution >= 0.6 is 0 Å². The van der Waals surface area contributed by atoms with Gasteiger partial charge in [0.25, 0.3) is 0 Å². The molecule has 0 aliphatic rings. The van der Waals surface area contributed by atoms with Crippen molar-refractivity contribution in [1.82, 2.24) is 9.58 Å². The van der Waals surface area contributed by atoms with Crippen molar-refractivity contribution in [2.45, 2.75) is 26.8 Å². The van der Waals surface area contributed by atoms with E-state index in [2.05, 4.69) is 54.8 Å². The summed E-state index contributed by atoms with van der Waals surface area (Å²) in [6, 6.07) is 12.9. The van der Waals surface area contributed by atoms with Crippen molar-refractivity contribution in [3.05, 3.63) is 52.9 Å². The fourth-order valence-electron chi connectivity index (χ4n) is 3.30. The van der Waals surface area contributed by atoms with Crippen LogP contribution < -0.4 is 11.1 Å². The van der Waals surface area contributed by atoms with Gasteiger partial charge >= 0.3 is 0 Å². The molecule has 1 heterocycles. The predicted octanol–water partition coefficient (Wildman–Crippen LogP) is 3.14. The van der Waals surface area contributed by atoms with Gasteiger partial charge in [-0.3, -0.25) is 0 Å². The lowest BCUT2D eigenvalue weighted by molar-refractivity contribution is 0.423. The molecule has 24 heavy (non-hydrogen) atoms. The van der Waals surface area contributed by atoms with Crippen LogP contribution in [-0.2, 0) is 6.54 Å². The Hall–Kier alpha value is -2.33. The summed E-state index contributed by atoms with van der Waals surface area (Å²) in [6.45, 7) is 5.97. The zero-order valence-corrected chi connectivity index (χ0v) is 15.0. The van der Waals surface area contributed by atoms with Crippen LogP contribution in [0.5, 0.6) is 0 Å². The first kappa shape index (κ1) is 16.5. The number of nitrogens with zero attached hydrogens (tertiary/aromatic N) is 3. The fourth-order valence-corrected chi connectivity index (χ4v) is 3.30. The molecule has 3 aromatic rings. The van der Waals surface area contributed by atoms with Crippen molar-refractivity contribution in [2.24, 2.45) is 10.8 Å². The van der Waals surface area contributed by atoms with E-state index < -0.39 is 0 Å². The van der Waals surface area contributed by atoms with Crippen LogP contribution in [-0.4, -0.2) is 30.2 Å². The molecular formula is C20H26N4. The number of hydrogen-bond donors (Lipinski definition) is 1. The highest BCUT2D eigenvalue weighted by Crippen LogP contribution is 2.24. The van der Waals surface area contributed by atoms with Gasteiger partial charge in [0.05, 0.1) is 11.0 Å². The summed E-state index contributed by atoms with van der Waals surface area (Å²) in [5.74, 6) is 0. The van der Waals surface area contributed by atoms with Gasteiger partial charge in [0.1, 0.15) is 5.36 Å². The van der Waals surface area contributed by atoms with Crippen molar-refractivity contribution in [3.8, 4) is 0 Å². The lowest BCUT2D eigenvalue weighted by Crippen LogP contribution is -2.19. The maximum absolute atomic E-state index is 5.79. The summed E-state index contributed by atoms with van der Waals surface area (Å²) >= 11 is 0. The first-order valence-corrected chi connectivity index (χ1v) is 8.48. The highest BCUT2D eigenvalue weighted by atomic mass is 15.4. The summed E-state index contributed by atoms with van der Waals surface area (Å²) in [5.41, 5.74) is 10.9. The second kappa shape index (κ2) is 6.65. The number of rotatable bonds is 4. The summed E-state index contributed by atoms with van der Waals surface area (Å²) in [6.07, 6.45) is 0.960. The molecule has 0 bridgehead atoms. The average Bonchev–Trinajstić information content (AvgIpc) is 2.57. The molecule has 126 valence electrons. The molecule has 4 heteroatoms. The molecule has 2 N–H and O–H groups in total. The molecule has 0 aliphatic carbocycles. The summed E-state index contributed by atoms with van der Waals surface area (Å²) in [5, 5.41) is 10.1. The molecule has 0 fully saturated rings. The van der Waals surface area contributed by atoms with Gasteiger partial charge in [0.15, 0.2) is 0 Å². The summed E-state index contributed by atoms with van der Waals surface area (Å²) in [4.78, 5) is 0. The fraction of sp³-hybridized carbons (Fsp3) is 0.350. The topological polar surface area (TPSA) is 46.5 Å². The third-order valence-corrected chi connectivity index (χ3v) is 4.56. The molecule has 4 nitrogen and oxygen atoms in total. The highest BCUT2D eigenvalue weighted by molar-refractivity contribution is 5.95. The highest BCUT2D eigenvalue weighted by Gasteiger charge is 2.12. The second-order valence-corrected chi connectivity index (χ2v) is 6.51. The van der Waals surface area contributed by atoms with E-state index in [9.17, 15) is 0 Å². The van der Waals surface area contributed by atoms with Crippen molar-refractivity contribution < 1.29 is 0 Å². The van der Waals surface area contributed by atoms with Crippen molar-refractivity contribution in [3.63, 3.8) is 0 Å². The Labute approximate surface area is 143 Å². The lowest BCUT2D eigenvalue weighted by atomic mass is 10.0. The molecule has 3 rings (SSSR count). The predicted molar refractivity (Wildman–Crippen MR) is 102 cm³/mol. The van der Waals surface area contributed by atoms with Gasteiger partial charge in [-0.2, -0.15) is 5.10 Å². The van der Waals surface area contributed by atoms with Gasteiger partial charge < -0.3 is 15.3 Å². The maximum atomic E-state index is 5.79. The van der Waals surface area contributed by atoms with E-state index in [0.717, 1.165) is 18.3 Å². The van der Waals surface area contributed by atoms with Crippen molar-refractivity contribution in [2.75, 3.05) is 20.6 Å². The molecule has 0 saturated carbocycles. The molecule has 0 radical (unpaired) electrons. The number of pyridine rings is 1. The Morgan fingerprint density at radius 1 is 1.04 bits per heavy atom. The SMILES string of the molecule is Cc1ccc2/c(=N/N(C)C)c3ccccc3n(CCCN)c2c1C. The van der Waals surface area contributed by atoms with Crippen molar-refractivity contribution in [1.29, 1.82) is 0 Å². The Balaban J connectivity index is 2.57. The van der Waals surface area contributed by atoms with Gasteiger partial charge in [-0.1, -0.05) is 30.3 Å².